The van der Waals surface area contributed by atoms with Crippen molar-refractivity contribution < 1.29 is 9.18 Å². The third kappa shape index (κ3) is 4.20. The van der Waals surface area contributed by atoms with Gasteiger partial charge in [-0.05, 0) is 55.7 Å². The molecule has 2 aromatic rings. The van der Waals surface area contributed by atoms with Crippen LogP contribution >= 0.6 is 23.4 Å². The number of rotatable bonds is 5. The number of carbonyl (C=O) groups is 1. The van der Waals surface area contributed by atoms with E-state index in [1.54, 1.807) is 24.8 Å². The molecule has 28 heavy (non-hydrogen) atoms. The Hall–Kier alpha value is -1.98. The van der Waals surface area contributed by atoms with Crippen LogP contribution in [0.3, 0.4) is 0 Å². The lowest BCUT2D eigenvalue weighted by Crippen LogP contribution is -2.23. The van der Waals surface area contributed by atoms with Crippen molar-refractivity contribution in [1.29, 1.82) is 0 Å². The molecule has 0 aliphatic carbocycles. The van der Waals surface area contributed by atoms with Gasteiger partial charge in [-0.3, -0.25) is 4.79 Å². The Balaban J connectivity index is 1.61. The lowest BCUT2D eigenvalue weighted by molar-refractivity contribution is -0.112. The van der Waals surface area contributed by atoms with Crippen molar-refractivity contribution >= 4 is 40.5 Å². The molecule has 0 N–H and O–H groups in total. The van der Waals surface area contributed by atoms with Gasteiger partial charge in [0, 0.05) is 41.3 Å². The second kappa shape index (κ2) is 8.18. The van der Waals surface area contributed by atoms with Gasteiger partial charge in [-0.1, -0.05) is 35.5 Å². The maximum Gasteiger partial charge on any atom is 0.155 e. The SMILES string of the molecule is CC(=O)/C=C1\Sc2ccc(N3CC[C@@H](F)C3)cc2N1CCc1cccc(Cl)c1. The van der Waals surface area contributed by atoms with Crippen LogP contribution in [0.25, 0.3) is 0 Å². The Morgan fingerprint density at radius 2 is 2.18 bits per heavy atom. The van der Waals surface area contributed by atoms with E-state index in [1.807, 2.05) is 18.2 Å². The zero-order chi connectivity index (χ0) is 19.7. The third-order valence-corrected chi connectivity index (χ3v) is 6.40. The van der Waals surface area contributed by atoms with Crippen molar-refractivity contribution in [2.45, 2.75) is 30.8 Å². The second-order valence-electron chi connectivity index (χ2n) is 7.21. The quantitative estimate of drug-likeness (QED) is 0.602. The molecule has 0 spiro atoms. The van der Waals surface area contributed by atoms with Gasteiger partial charge < -0.3 is 9.80 Å². The summed E-state index contributed by atoms with van der Waals surface area (Å²) in [7, 11) is 0. The van der Waals surface area contributed by atoms with E-state index in [4.69, 9.17) is 11.6 Å². The molecule has 0 saturated carbocycles. The lowest BCUT2D eigenvalue weighted by atomic mass is 10.1. The molecule has 2 aliphatic heterocycles. The minimum absolute atomic E-state index is 0.0306. The van der Waals surface area contributed by atoms with E-state index < -0.39 is 6.17 Å². The predicted octanol–water partition coefficient (Wildman–Crippen LogP) is 5.47. The Morgan fingerprint density at radius 3 is 2.89 bits per heavy atom. The van der Waals surface area contributed by atoms with Crippen LogP contribution in [-0.2, 0) is 11.2 Å². The average Bonchev–Trinajstić information content (AvgIpc) is 3.22. The molecular formula is C22H22ClFN2OS. The molecule has 4 rings (SSSR count). The molecule has 0 amide bonds. The molecule has 146 valence electrons. The summed E-state index contributed by atoms with van der Waals surface area (Å²) in [6, 6.07) is 14.1. The summed E-state index contributed by atoms with van der Waals surface area (Å²) < 4.78 is 13.6. The standard InChI is InChI=1S/C22H22ClFN2OS/c1-15(27)11-22-26(10-7-16-3-2-4-17(23)12-16)20-13-19(5-6-21(20)28-22)25-9-8-18(24)14-25/h2-6,11-13,18H,7-10,14H2,1H3/b22-11-/t18-/m1/s1. The maximum atomic E-state index is 13.6. The Kier molecular flexibility index (Phi) is 5.65. The molecule has 3 nitrogen and oxygen atoms in total. The van der Waals surface area contributed by atoms with E-state index in [2.05, 4.69) is 34.1 Å². The van der Waals surface area contributed by atoms with Crippen molar-refractivity contribution in [2.75, 3.05) is 29.4 Å². The number of hydrogen-bond donors (Lipinski definition) is 0. The van der Waals surface area contributed by atoms with E-state index in [1.165, 1.54) is 0 Å². The highest BCUT2D eigenvalue weighted by Crippen LogP contribution is 2.47. The van der Waals surface area contributed by atoms with Crippen molar-refractivity contribution in [2.24, 2.45) is 0 Å². The highest BCUT2D eigenvalue weighted by Gasteiger charge is 2.28. The molecule has 1 atom stereocenters. The van der Waals surface area contributed by atoms with Crippen molar-refractivity contribution in [3.63, 3.8) is 0 Å². The normalized spacial score (nSPS) is 20.1. The van der Waals surface area contributed by atoms with Gasteiger partial charge in [0.05, 0.1) is 10.7 Å². The number of halogens is 2. The number of allylic oxidation sites excluding steroid dienone is 1. The molecule has 2 aromatic carbocycles. The smallest absolute Gasteiger partial charge is 0.155 e. The summed E-state index contributed by atoms with van der Waals surface area (Å²) in [6.07, 6.45) is 2.33. The molecule has 1 fully saturated rings. The van der Waals surface area contributed by atoms with Gasteiger partial charge in [0.25, 0.3) is 0 Å². The van der Waals surface area contributed by atoms with Crippen LogP contribution in [0.1, 0.15) is 18.9 Å². The number of carbonyl (C=O) groups excluding carboxylic acids is 1. The van der Waals surface area contributed by atoms with Crippen LogP contribution in [0, 0.1) is 0 Å². The Bertz CT molecular complexity index is 933. The van der Waals surface area contributed by atoms with E-state index in [0.717, 1.165) is 51.4 Å². The summed E-state index contributed by atoms with van der Waals surface area (Å²) >= 11 is 7.72. The number of benzene rings is 2. The first-order valence-electron chi connectivity index (χ1n) is 9.45. The first kappa shape index (κ1) is 19.3. The number of fused-ring (bicyclic) bond motifs is 1. The number of hydrogen-bond acceptors (Lipinski definition) is 4. The van der Waals surface area contributed by atoms with Crippen molar-refractivity contribution in [3.8, 4) is 0 Å². The average molecular weight is 417 g/mol. The summed E-state index contributed by atoms with van der Waals surface area (Å²) in [5.41, 5.74) is 3.28. The number of nitrogens with zero attached hydrogens (tertiary/aromatic N) is 2. The van der Waals surface area contributed by atoms with Crippen LogP contribution in [0.15, 0.2) is 58.5 Å². The summed E-state index contributed by atoms with van der Waals surface area (Å²) in [4.78, 5) is 17.2. The molecule has 6 heteroatoms. The summed E-state index contributed by atoms with van der Waals surface area (Å²) in [6.45, 7) is 3.51. The van der Waals surface area contributed by atoms with Crippen molar-refractivity contribution in [1.82, 2.24) is 0 Å². The summed E-state index contributed by atoms with van der Waals surface area (Å²) in [5, 5.41) is 1.66. The lowest BCUT2D eigenvalue weighted by Gasteiger charge is -2.23. The number of anilines is 2. The van der Waals surface area contributed by atoms with Gasteiger partial charge in [-0.25, -0.2) is 4.39 Å². The first-order chi connectivity index (χ1) is 13.5. The number of thioether (sulfide) groups is 1. The Labute approximate surface area is 174 Å². The highest BCUT2D eigenvalue weighted by molar-refractivity contribution is 8.03. The van der Waals surface area contributed by atoms with Gasteiger partial charge >= 0.3 is 0 Å². The molecule has 0 radical (unpaired) electrons. The minimum Gasteiger partial charge on any atom is -0.368 e. The second-order valence-corrected chi connectivity index (χ2v) is 8.71. The number of ketones is 1. The largest absolute Gasteiger partial charge is 0.368 e. The molecule has 2 heterocycles. The third-order valence-electron chi connectivity index (χ3n) is 5.05. The van der Waals surface area contributed by atoms with Gasteiger partial charge in [0.2, 0.25) is 0 Å². The van der Waals surface area contributed by atoms with Crippen LogP contribution in [0.4, 0.5) is 15.8 Å². The summed E-state index contributed by atoms with van der Waals surface area (Å²) in [5.74, 6) is 0.0306. The molecule has 1 saturated heterocycles. The van der Waals surface area contributed by atoms with Gasteiger partial charge in [0.1, 0.15) is 6.17 Å². The molecule has 0 bridgehead atoms. The molecule has 2 aliphatic rings. The topological polar surface area (TPSA) is 23.6 Å². The zero-order valence-electron chi connectivity index (χ0n) is 15.7. The molecular weight excluding hydrogens is 395 g/mol. The van der Waals surface area contributed by atoms with Crippen LogP contribution in [0.5, 0.6) is 0 Å². The van der Waals surface area contributed by atoms with E-state index >= 15 is 0 Å². The minimum atomic E-state index is -0.755. The van der Waals surface area contributed by atoms with Gasteiger partial charge in [-0.15, -0.1) is 0 Å². The van der Waals surface area contributed by atoms with Crippen LogP contribution < -0.4 is 9.80 Å². The van der Waals surface area contributed by atoms with E-state index in [0.29, 0.717) is 13.0 Å². The van der Waals surface area contributed by atoms with Gasteiger partial charge in [0.15, 0.2) is 5.78 Å². The monoisotopic (exact) mass is 416 g/mol. The fourth-order valence-electron chi connectivity index (χ4n) is 3.68. The maximum absolute atomic E-state index is 13.6. The van der Waals surface area contributed by atoms with Crippen LogP contribution in [0.2, 0.25) is 5.02 Å². The molecule has 0 aromatic heterocycles. The fraction of sp³-hybridized carbons (Fsp3) is 0.318. The van der Waals surface area contributed by atoms with Crippen LogP contribution in [-0.4, -0.2) is 31.6 Å². The fourth-order valence-corrected chi connectivity index (χ4v) is 5.06. The zero-order valence-corrected chi connectivity index (χ0v) is 17.3. The highest BCUT2D eigenvalue weighted by atomic mass is 35.5. The number of alkyl halides is 1. The van der Waals surface area contributed by atoms with Crippen molar-refractivity contribution in [3.05, 3.63) is 64.2 Å². The molecule has 0 unspecified atom stereocenters. The first-order valence-corrected chi connectivity index (χ1v) is 10.6. The van der Waals surface area contributed by atoms with Gasteiger partial charge in [-0.2, -0.15) is 0 Å². The Morgan fingerprint density at radius 1 is 1.32 bits per heavy atom. The van der Waals surface area contributed by atoms with E-state index in [9.17, 15) is 9.18 Å². The predicted molar refractivity (Wildman–Crippen MR) is 115 cm³/mol. The van der Waals surface area contributed by atoms with E-state index in [-0.39, 0.29) is 5.78 Å².